The topological polar surface area (TPSA) is 73.6 Å². The van der Waals surface area contributed by atoms with Crippen molar-refractivity contribution in [3.8, 4) is 22.8 Å². The van der Waals surface area contributed by atoms with Gasteiger partial charge in [-0.3, -0.25) is 4.98 Å². The second-order valence-corrected chi connectivity index (χ2v) is 6.20. The lowest BCUT2D eigenvalue weighted by atomic mass is 10.1. The summed E-state index contributed by atoms with van der Waals surface area (Å²) in [5.74, 6) is 2.29. The first-order chi connectivity index (χ1) is 13.4. The number of fused-ring (bicyclic) bond motifs is 2. The number of aromatic nitrogens is 4. The van der Waals surface area contributed by atoms with Crippen LogP contribution in [-0.2, 0) is 6.42 Å². The molecule has 4 heterocycles. The van der Waals surface area contributed by atoms with Crippen LogP contribution < -0.4 is 14.8 Å². The highest BCUT2D eigenvalue weighted by Gasteiger charge is 2.16. The Morgan fingerprint density at radius 3 is 2.89 bits per heavy atom. The normalized spacial score (nSPS) is 12.4. The maximum Gasteiger partial charge on any atom is 0.231 e. The third-order valence-electron chi connectivity index (χ3n) is 4.44. The van der Waals surface area contributed by atoms with Crippen molar-refractivity contribution in [2.75, 3.05) is 18.7 Å². The van der Waals surface area contributed by atoms with Crippen LogP contribution in [0.2, 0.25) is 0 Å². The zero-order chi connectivity index (χ0) is 18.1. The third-order valence-corrected chi connectivity index (χ3v) is 4.44. The molecule has 7 nitrogen and oxygen atoms in total. The molecule has 0 bridgehead atoms. The molecule has 7 heteroatoms. The van der Waals surface area contributed by atoms with Gasteiger partial charge in [0.15, 0.2) is 17.1 Å². The summed E-state index contributed by atoms with van der Waals surface area (Å²) in [7, 11) is 0. The van der Waals surface area contributed by atoms with E-state index in [2.05, 4.69) is 20.4 Å². The number of anilines is 1. The van der Waals surface area contributed by atoms with Crippen LogP contribution in [0.5, 0.6) is 11.5 Å². The highest BCUT2D eigenvalue weighted by atomic mass is 16.7. The Hall–Kier alpha value is -3.61. The summed E-state index contributed by atoms with van der Waals surface area (Å²) in [6, 6.07) is 15.7. The molecule has 0 saturated heterocycles. The van der Waals surface area contributed by atoms with Crippen molar-refractivity contribution in [2.45, 2.75) is 6.42 Å². The molecule has 1 N–H and O–H groups in total. The lowest BCUT2D eigenvalue weighted by molar-refractivity contribution is 0.174. The van der Waals surface area contributed by atoms with Crippen molar-refractivity contribution in [1.29, 1.82) is 0 Å². The average molecular weight is 359 g/mol. The van der Waals surface area contributed by atoms with E-state index in [0.29, 0.717) is 0 Å². The maximum atomic E-state index is 5.48. The van der Waals surface area contributed by atoms with Crippen LogP contribution in [0, 0.1) is 0 Å². The van der Waals surface area contributed by atoms with Crippen LogP contribution >= 0.6 is 0 Å². The molecule has 0 saturated carbocycles. The summed E-state index contributed by atoms with van der Waals surface area (Å²) in [5.41, 5.74) is 3.72. The predicted molar refractivity (Wildman–Crippen MR) is 101 cm³/mol. The fourth-order valence-corrected chi connectivity index (χ4v) is 3.08. The Morgan fingerprint density at radius 1 is 1.00 bits per heavy atom. The van der Waals surface area contributed by atoms with Gasteiger partial charge in [-0.15, -0.1) is 5.10 Å². The molecule has 0 radical (unpaired) electrons. The van der Waals surface area contributed by atoms with Crippen LogP contribution in [0.15, 0.2) is 60.9 Å². The lowest BCUT2D eigenvalue weighted by Crippen LogP contribution is -2.09. The molecular weight excluding hydrogens is 342 g/mol. The molecule has 3 aromatic heterocycles. The van der Waals surface area contributed by atoms with E-state index in [-0.39, 0.29) is 6.79 Å². The van der Waals surface area contributed by atoms with Gasteiger partial charge in [0.05, 0.1) is 11.9 Å². The molecule has 0 fully saturated rings. The number of pyridine rings is 1. The number of ether oxygens (including phenoxy) is 2. The van der Waals surface area contributed by atoms with E-state index < -0.39 is 0 Å². The van der Waals surface area contributed by atoms with Gasteiger partial charge in [0.1, 0.15) is 5.82 Å². The van der Waals surface area contributed by atoms with Crippen molar-refractivity contribution in [3.63, 3.8) is 0 Å². The van der Waals surface area contributed by atoms with Crippen LogP contribution in [0.3, 0.4) is 0 Å². The van der Waals surface area contributed by atoms with Gasteiger partial charge in [-0.1, -0.05) is 6.07 Å². The number of benzene rings is 1. The second-order valence-electron chi connectivity index (χ2n) is 6.20. The number of hydrogen-bond donors (Lipinski definition) is 1. The SMILES string of the molecule is c1ccc(CCNc2ccc3ncc(-c4ccc5c(c4)OCO5)n3n2)nc1. The molecule has 0 atom stereocenters. The molecular formula is C20H17N5O2. The fraction of sp³-hybridized carbons (Fsp3) is 0.150. The van der Waals surface area contributed by atoms with Crippen molar-refractivity contribution in [2.24, 2.45) is 0 Å². The number of nitrogens with zero attached hydrogens (tertiary/aromatic N) is 4. The van der Waals surface area contributed by atoms with Gasteiger partial charge in [-0.05, 0) is 42.5 Å². The van der Waals surface area contributed by atoms with E-state index in [1.165, 1.54) is 0 Å². The zero-order valence-corrected chi connectivity index (χ0v) is 14.5. The van der Waals surface area contributed by atoms with Crippen molar-refractivity contribution in [3.05, 3.63) is 66.6 Å². The highest BCUT2D eigenvalue weighted by molar-refractivity contribution is 5.67. The summed E-state index contributed by atoms with van der Waals surface area (Å²) < 4.78 is 12.7. The molecule has 0 aliphatic carbocycles. The smallest absolute Gasteiger partial charge is 0.231 e. The van der Waals surface area contributed by atoms with E-state index in [4.69, 9.17) is 9.47 Å². The Labute approximate surface area is 155 Å². The molecule has 1 aliphatic heterocycles. The van der Waals surface area contributed by atoms with Crippen LogP contribution in [0.25, 0.3) is 16.9 Å². The average Bonchev–Trinajstić information content (AvgIpc) is 3.34. The zero-order valence-electron chi connectivity index (χ0n) is 14.5. The summed E-state index contributed by atoms with van der Waals surface area (Å²) >= 11 is 0. The van der Waals surface area contributed by atoms with Gasteiger partial charge in [-0.25, -0.2) is 9.50 Å². The molecule has 0 spiro atoms. The largest absolute Gasteiger partial charge is 0.454 e. The summed E-state index contributed by atoms with van der Waals surface area (Å²) in [5, 5.41) is 8.04. The van der Waals surface area contributed by atoms with Gasteiger partial charge in [0.2, 0.25) is 6.79 Å². The molecule has 5 rings (SSSR count). The number of rotatable bonds is 5. The van der Waals surface area contributed by atoms with E-state index >= 15 is 0 Å². The summed E-state index contributed by atoms with van der Waals surface area (Å²) in [6.07, 6.45) is 4.46. The Balaban J connectivity index is 1.39. The van der Waals surface area contributed by atoms with Crippen LogP contribution in [0.1, 0.15) is 5.69 Å². The molecule has 0 amide bonds. The number of hydrogen-bond acceptors (Lipinski definition) is 6. The maximum absolute atomic E-state index is 5.48. The van der Waals surface area contributed by atoms with Gasteiger partial charge < -0.3 is 14.8 Å². The number of imidazole rings is 1. The molecule has 4 aromatic rings. The van der Waals surface area contributed by atoms with Crippen LogP contribution in [0.4, 0.5) is 5.82 Å². The minimum Gasteiger partial charge on any atom is -0.454 e. The van der Waals surface area contributed by atoms with Crippen molar-refractivity contribution >= 4 is 11.5 Å². The molecule has 0 unspecified atom stereocenters. The van der Waals surface area contributed by atoms with E-state index in [1.807, 2.05) is 65.4 Å². The fourth-order valence-electron chi connectivity index (χ4n) is 3.08. The molecule has 27 heavy (non-hydrogen) atoms. The van der Waals surface area contributed by atoms with Crippen molar-refractivity contribution in [1.82, 2.24) is 19.6 Å². The van der Waals surface area contributed by atoms with E-state index in [0.717, 1.165) is 52.9 Å². The third kappa shape index (κ3) is 3.03. The lowest BCUT2D eigenvalue weighted by Gasteiger charge is -2.07. The van der Waals surface area contributed by atoms with Crippen LogP contribution in [-0.4, -0.2) is 32.9 Å². The highest BCUT2D eigenvalue weighted by Crippen LogP contribution is 2.35. The summed E-state index contributed by atoms with van der Waals surface area (Å²) in [4.78, 5) is 8.78. The molecule has 1 aromatic carbocycles. The minimum atomic E-state index is 0.258. The quantitative estimate of drug-likeness (QED) is 0.590. The van der Waals surface area contributed by atoms with Gasteiger partial charge in [0.25, 0.3) is 0 Å². The van der Waals surface area contributed by atoms with Gasteiger partial charge in [-0.2, -0.15) is 0 Å². The Kier molecular flexibility index (Phi) is 3.82. The second kappa shape index (κ2) is 6.60. The Bertz CT molecular complexity index is 1090. The standard InChI is InChI=1S/C20H17N5O2/c1-2-9-21-15(3-1)8-10-22-19-6-7-20-23-12-16(25(20)24-19)14-4-5-17-18(11-14)27-13-26-17/h1-7,9,11-12H,8,10,13H2,(H,22,24). The minimum absolute atomic E-state index is 0.258. The van der Waals surface area contributed by atoms with Gasteiger partial charge in [0, 0.05) is 30.4 Å². The summed E-state index contributed by atoms with van der Waals surface area (Å²) in [6.45, 7) is 1.01. The monoisotopic (exact) mass is 359 g/mol. The van der Waals surface area contributed by atoms with Gasteiger partial charge >= 0.3 is 0 Å². The van der Waals surface area contributed by atoms with E-state index in [1.54, 1.807) is 0 Å². The first kappa shape index (κ1) is 15.6. The Morgan fingerprint density at radius 2 is 1.96 bits per heavy atom. The first-order valence-corrected chi connectivity index (χ1v) is 8.75. The first-order valence-electron chi connectivity index (χ1n) is 8.75. The van der Waals surface area contributed by atoms with E-state index in [9.17, 15) is 0 Å². The molecule has 134 valence electrons. The number of nitrogens with one attached hydrogen (secondary N) is 1. The molecule has 1 aliphatic rings. The van der Waals surface area contributed by atoms with Crippen molar-refractivity contribution < 1.29 is 9.47 Å². The predicted octanol–water partition coefficient (Wildman–Crippen LogP) is 3.17.